The molecule has 2 N–H and O–H groups in total. The van der Waals surface area contributed by atoms with E-state index in [-0.39, 0.29) is 12.2 Å². The smallest absolute Gasteiger partial charge is 0.306 e. The van der Waals surface area contributed by atoms with Crippen LogP contribution in [0.2, 0.25) is 0 Å². The van der Waals surface area contributed by atoms with Crippen LogP contribution in [0.15, 0.2) is 0 Å². The average molecular weight is 279 g/mol. The van der Waals surface area contributed by atoms with Crippen LogP contribution in [0.4, 0.5) is 0 Å². The van der Waals surface area contributed by atoms with Crippen LogP contribution in [0.3, 0.4) is 0 Å². The van der Waals surface area contributed by atoms with E-state index in [0.29, 0.717) is 12.8 Å². The second-order valence-corrected chi connectivity index (χ2v) is 6.45. The van der Waals surface area contributed by atoms with E-state index in [0.717, 1.165) is 19.3 Å². The van der Waals surface area contributed by atoms with Gasteiger partial charge in [-0.15, -0.1) is 0 Å². The van der Waals surface area contributed by atoms with Crippen LogP contribution in [-0.4, -0.2) is 44.5 Å². The van der Waals surface area contributed by atoms with Crippen molar-refractivity contribution in [2.75, 3.05) is 12.9 Å². The summed E-state index contributed by atoms with van der Waals surface area (Å²) in [4.78, 5) is 10.9. The molecule has 2 atom stereocenters. The van der Waals surface area contributed by atoms with E-state index in [1.807, 2.05) is 0 Å². The molecule has 2 unspecified atom stereocenters. The predicted octanol–water partition coefficient (Wildman–Crippen LogP) is 0.162. The first kappa shape index (κ1) is 15.4. The Balaban J connectivity index is 2.50. The molecule has 0 aromatic carbocycles. The first-order chi connectivity index (χ1) is 8.44. The Hall–Kier alpha value is -0.660. The molecule has 1 aliphatic rings. The lowest BCUT2D eigenvalue weighted by Gasteiger charge is -2.21. The molecule has 18 heavy (non-hydrogen) atoms. The zero-order valence-electron chi connectivity index (χ0n) is 10.6. The molecule has 0 radical (unpaired) electrons. The van der Waals surface area contributed by atoms with E-state index in [1.54, 1.807) is 0 Å². The largest absolute Gasteiger partial charge is 0.469 e. The third kappa shape index (κ3) is 5.32. The van der Waals surface area contributed by atoms with Crippen molar-refractivity contribution in [1.82, 2.24) is 4.72 Å². The molecule has 0 spiro atoms. The Bertz CT molecular complexity index is 368. The zero-order valence-corrected chi connectivity index (χ0v) is 11.4. The maximum absolute atomic E-state index is 11.7. The van der Waals surface area contributed by atoms with Gasteiger partial charge in [-0.1, -0.05) is 19.3 Å². The van der Waals surface area contributed by atoms with Gasteiger partial charge in [0.25, 0.3) is 0 Å². The number of hydrogen-bond donors (Lipinski definition) is 2. The van der Waals surface area contributed by atoms with Gasteiger partial charge in [0.15, 0.2) is 0 Å². The SMILES string of the molecule is COC(=O)CCS(=O)(=O)NC1CCCCCC1O. The summed E-state index contributed by atoms with van der Waals surface area (Å²) in [5, 5.41) is 9.82. The predicted molar refractivity (Wildman–Crippen MR) is 66.4 cm³/mol. The number of sulfonamides is 1. The lowest BCUT2D eigenvalue weighted by Crippen LogP contribution is -2.43. The van der Waals surface area contributed by atoms with Gasteiger partial charge in [0.2, 0.25) is 10.0 Å². The van der Waals surface area contributed by atoms with Crippen molar-refractivity contribution in [3.05, 3.63) is 0 Å². The summed E-state index contributed by atoms with van der Waals surface area (Å²) >= 11 is 0. The van der Waals surface area contributed by atoms with Gasteiger partial charge in [0.05, 0.1) is 25.4 Å². The highest BCUT2D eigenvalue weighted by Gasteiger charge is 2.26. The number of aliphatic hydroxyl groups excluding tert-OH is 1. The number of carbonyl (C=O) groups excluding carboxylic acids is 1. The minimum Gasteiger partial charge on any atom is -0.469 e. The van der Waals surface area contributed by atoms with Crippen LogP contribution in [0.1, 0.15) is 38.5 Å². The van der Waals surface area contributed by atoms with Gasteiger partial charge >= 0.3 is 5.97 Å². The fraction of sp³-hybridized carbons (Fsp3) is 0.909. The highest BCUT2D eigenvalue weighted by molar-refractivity contribution is 7.89. The van der Waals surface area contributed by atoms with Crippen LogP contribution >= 0.6 is 0 Å². The number of ether oxygens (including phenoxy) is 1. The van der Waals surface area contributed by atoms with Crippen molar-refractivity contribution in [2.45, 2.75) is 50.7 Å². The Morgan fingerprint density at radius 2 is 2.00 bits per heavy atom. The van der Waals surface area contributed by atoms with Crippen LogP contribution in [0, 0.1) is 0 Å². The molecule has 0 amide bonds. The number of hydrogen-bond acceptors (Lipinski definition) is 5. The number of carbonyl (C=O) groups is 1. The van der Waals surface area contributed by atoms with Crippen LogP contribution in [0.5, 0.6) is 0 Å². The Morgan fingerprint density at radius 3 is 2.67 bits per heavy atom. The third-order valence-electron chi connectivity index (χ3n) is 3.11. The summed E-state index contributed by atoms with van der Waals surface area (Å²) in [6, 6.07) is -0.435. The fourth-order valence-electron chi connectivity index (χ4n) is 2.03. The zero-order chi connectivity index (χ0) is 13.6. The molecule has 0 aromatic rings. The van der Waals surface area contributed by atoms with Crippen molar-refractivity contribution in [3.8, 4) is 0 Å². The van der Waals surface area contributed by atoms with Gasteiger partial charge in [-0.2, -0.15) is 0 Å². The number of rotatable bonds is 5. The summed E-state index contributed by atoms with van der Waals surface area (Å²) in [6.07, 6.45) is 3.28. The highest BCUT2D eigenvalue weighted by atomic mass is 32.2. The minimum atomic E-state index is -3.55. The monoisotopic (exact) mass is 279 g/mol. The maximum Gasteiger partial charge on any atom is 0.306 e. The van der Waals surface area contributed by atoms with Gasteiger partial charge in [-0.05, 0) is 12.8 Å². The van der Waals surface area contributed by atoms with Crippen LogP contribution in [-0.2, 0) is 19.6 Å². The summed E-state index contributed by atoms with van der Waals surface area (Å²) in [7, 11) is -2.33. The molecule has 7 heteroatoms. The topological polar surface area (TPSA) is 92.7 Å². The lowest BCUT2D eigenvalue weighted by atomic mass is 10.1. The van der Waals surface area contributed by atoms with Crippen LogP contribution < -0.4 is 4.72 Å². The van der Waals surface area contributed by atoms with E-state index in [4.69, 9.17) is 0 Å². The Kier molecular flexibility index (Phi) is 6.04. The summed E-state index contributed by atoms with van der Waals surface area (Å²) in [5.74, 6) is -0.857. The third-order valence-corrected chi connectivity index (χ3v) is 4.52. The van der Waals surface area contributed by atoms with Gasteiger partial charge in [-0.3, -0.25) is 4.79 Å². The molecule has 1 fully saturated rings. The molecule has 0 saturated heterocycles. The summed E-state index contributed by atoms with van der Waals surface area (Å²) < 4.78 is 30.4. The normalized spacial score (nSPS) is 25.4. The fourth-order valence-corrected chi connectivity index (χ4v) is 3.32. The van der Waals surface area contributed by atoms with Crippen molar-refractivity contribution < 1.29 is 23.1 Å². The van der Waals surface area contributed by atoms with E-state index < -0.39 is 28.1 Å². The molecular formula is C11H21NO5S. The number of nitrogens with one attached hydrogen (secondary N) is 1. The van der Waals surface area contributed by atoms with E-state index in [1.165, 1.54) is 7.11 Å². The Labute approximate surface area is 108 Å². The van der Waals surface area contributed by atoms with Crippen LogP contribution in [0.25, 0.3) is 0 Å². The van der Waals surface area contributed by atoms with Crippen molar-refractivity contribution in [1.29, 1.82) is 0 Å². The van der Waals surface area contributed by atoms with Gasteiger partial charge in [-0.25, -0.2) is 13.1 Å². The number of aliphatic hydroxyl groups is 1. The van der Waals surface area contributed by atoms with Gasteiger partial charge in [0.1, 0.15) is 0 Å². The quantitative estimate of drug-likeness (QED) is 0.552. The number of esters is 1. The lowest BCUT2D eigenvalue weighted by molar-refractivity contribution is -0.140. The molecule has 1 rings (SSSR count). The second-order valence-electron chi connectivity index (χ2n) is 4.57. The summed E-state index contributed by atoms with van der Waals surface area (Å²) in [6.45, 7) is 0. The van der Waals surface area contributed by atoms with E-state index in [9.17, 15) is 18.3 Å². The average Bonchev–Trinajstić information content (AvgIpc) is 2.52. The molecular weight excluding hydrogens is 258 g/mol. The molecule has 106 valence electrons. The summed E-state index contributed by atoms with van der Waals surface area (Å²) in [5.41, 5.74) is 0. The maximum atomic E-state index is 11.7. The molecule has 6 nitrogen and oxygen atoms in total. The van der Waals surface area contributed by atoms with E-state index >= 15 is 0 Å². The molecule has 0 aromatic heterocycles. The molecule has 0 bridgehead atoms. The number of methoxy groups -OCH3 is 1. The van der Waals surface area contributed by atoms with Gasteiger partial charge in [0, 0.05) is 6.04 Å². The minimum absolute atomic E-state index is 0.172. The standard InChI is InChI=1S/C11H21NO5S/c1-17-11(14)7-8-18(15,16)12-9-5-3-2-4-6-10(9)13/h9-10,12-13H,2-8H2,1H3. The second kappa shape index (κ2) is 7.06. The first-order valence-corrected chi connectivity index (χ1v) is 7.85. The van der Waals surface area contributed by atoms with Crippen molar-refractivity contribution >= 4 is 16.0 Å². The van der Waals surface area contributed by atoms with Gasteiger partial charge < -0.3 is 9.84 Å². The molecule has 0 aliphatic heterocycles. The molecule has 1 aliphatic carbocycles. The highest BCUT2D eigenvalue weighted by Crippen LogP contribution is 2.18. The van der Waals surface area contributed by atoms with Crippen molar-refractivity contribution in [2.24, 2.45) is 0 Å². The Morgan fingerprint density at radius 1 is 1.33 bits per heavy atom. The molecule has 1 saturated carbocycles. The first-order valence-electron chi connectivity index (χ1n) is 6.19. The van der Waals surface area contributed by atoms with E-state index in [2.05, 4.69) is 9.46 Å². The van der Waals surface area contributed by atoms with Crippen molar-refractivity contribution in [3.63, 3.8) is 0 Å². The molecule has 0 heterocycles.